The lowest BCUT2D eigenvalue weighted by Crippen LogP contribution is -2.61. The van der Waals surface area contributed by atoms with E-state index in [0.717, 1.165) is 45.2 Å². The summed E-state index contributed by atoms with van der Waals surface area (Å²) >= 11 is 3.59. The Labute approximate surface area is 238 Å². The summed E-state index contributed by atoms with van der Waals surface area (Å²) in [7, 11) is 0. The van der Waals surface area contributed by atoms with Crippen LogP contribution in [-0.4, -0.2) is 58.7 Å². The maximum atomic E-state index is 12.3. The number of carboxylic acids is 1. The van der Waals surface area contributed by atoms with Crippen molar-refractivity contribution in [3.8, 4) is 0 Å². The number of amides is 1. The number of hydrogen-bond donors (Lipinski definition) is 1. The minimum atomic E-state index is -0.631. The van der Waals surface area contributed by atoms with E-state index in [0.29, 0.717) is 11.5 Å². The number of aliphatic carboxylic acids is 1. The molecule has 2 fully saturated rings. The van der Waals surface area contributed by atoms with Crippen LogP contribution < -0.4 is 0 Å². The van der Waals surface area contributed by atoms with E-state index in [1.54, 1.807) is 0 Å². The first-order valence-electron chi connectivity index (χ1n) is 14.7. The number of halogens is 1. The van der Waals surface area contributed by atoms with Crippen LogP contribution >= 0.6 is 15.9 Å². The molecular weight excluding hydrogens is 544 g/mol. The second-order valence-corrected chi connectivity index (χ2v) is 13.5. The van der Waals surface area contributed by atoms with Crippen LogP contribution in [0.1, 0.15) is 110 Å². The van der Waals surface area contributed by atoms with Gasteiger partial charge < -0.3 is 14.7 Å². The zero-order chi connectivity index (χ0) is 27.9. The van der Waals surface area contributed by atoms with Crippen molar-refractivity contribution in [2.75, 3.05) is 26.2 Å². The lowest BCUT2D eigenvalue weighted by molar-refractivity contribution is -0.142. The molecule has 1 aliphatic carbocycles. The van der Waals surface area contributed by atoms with E-state index in [1.807, 2.05) is 32.6 Å². The van der Waals surface area contributed by atoms with E-state index in [4.69, 9.17) is 9.84 Å². The third-order valence-electron chi connectivity index (χ3n) is 8.39. The van der Waals surface area contributed by atoms with Gasteiger partial charge in [0.1, 0.15) is 5.60 Å². The van der Waals surface area contributed by atoms with Crippen molar-refractivity contribution in [2.45, 2.75) is 110 Å². The Morgan fingerprint density at radius 2 is 1.82 bits per heavy atom. The number of ether oxygens (including phenoxy) is 1. The van der Waals surface area contributed by atoms with E-state index < -0.39 is 11.6 Å². The number of likely N-dealkylation sites (tertiary alicyclic amines) is 2. The number of carbonyl (C=O) groups is 2. The van der Waals surface area contributed by atoms with Crippen LogP contribution in [0.5, 0.6) is 0 Å². The maximum absolute atomic E-state index is 12.3. The highest BCUT2D eigenvalue weighted by Gasteiger charge is 2.48. The molecule has 0 saturated carbocycles. The second kappa shape index (κ2) is 13.6. The standard InChI is InChI=1S/C21H29BrN2O2.C10H20O2/c1-20(2,3)26-19(25)23-10-8-21(9-11-23)13-24(14-21)18-7-4-15-12-16(22)5-6-17(15)18;1-3-5-6-7-8-9(4-2)10(11)12/h5-6,12,18H,4,7-11,13-14H2,1-3H3;9H,3-8H2,1-2H3,(H,11,12)/t18-;/m1./s1. The summed E-state index contributed by atoms with van der Waals surface area (Å²) in [5.41, 5.74) is 3.03. The van der Waals surface area contributed by atoms with Crippen LogP contribution in [-0.2, 0) is 16.0 Å². The number of carboxylic acid groups (broad SMARTS) is 1. The van der Waals surface area contributed by atoms with Crippen LogP contribution in [0, 0.1) is 11.3 Å². The van der Waals surface area contributed by atoms with Crippen molar-refractivity contribution in [3.05, 3.63) is 33.8 Å². The van der Waals surface area contributed by atoms with Gasteiger partial charge >= 0.3 is 12.1 Å². The highest BCUT2D eigenvalue weighted by atomic mass is 79.9. The average Bonchev–Trinajstić information content (AvgIpc) is 3.24. The Hall–Kier alpha value is -1.60. The minimum Gasteiger partial charge on any atom is -0.481 e. The molecule has 1 amide bonds. The predicted octanol–water partition coefficient (Wildman–Crippen LogP) is 7.84. The first kappa shape index (κ1) is 30.9. The normalized spacial score (nSPS) is 21.2. The third kappa shape index (κ3) is 8.45. The average molecular weight is 594 g/mol. The van der Waals surface area contributed by atoms with Gasteiger partial charge in [0, 0.05) is 36.7 Å². The monoisotopic (exact) mass is 592 g/mol. The molecule has 1 aromatic rings. The maximum Gasteiger partial charge on any atom is 0.410 e. The van der Waals surface area contributed by atoms with Crippen LogP contribution in [0.25, 0.3) is 0 Å². The Kier molecular flexibility index (Phi) is 11.1. The van der Waals surface area contributed by atoms with Crippen LogP contribution in [0.4, 0.5) is 4.79 Å². The molecule has 2 saturated heterocycles. The molecule has 2 aliphatic heterocycles. The molecule has 1 aromatic carbocycles. The van der Waals surface area contributed by atoms with Gasteiger partial charge in [-0.15, -0.1) is 0 Å². The zero-order valence-electron chi connectivity index (χ0n) is 24.2. The molecule has 38 heavy (non-hydrogen) atoms. The van der Waals surface area contributed by atoms with Gasteiger partial charge in [-0.25, -0.2) is 4.79 Å². The number of piperidine rings is 1. The van der Waals surface area contributed by atoms with Crippen molar-refractivity contribution in [1.82, 2.24) is 9.80 Å². The van der Waals surface area contributed by atoms with E-state index in [1.165, 1.54) is 60.8 Å². The minimum absolute atomic E-state index is 0.109. The van der Waals surface area contributed by atoms with Gasteiger partial charge in [-0.3, -0.25) is 9.69 Å². The topological polar surface area (TPSA) is 70.1 Å². The highest BCUT2D eigenvalue weighted by Crippen LogP contribution is 2.48. The summed E-state index contributed by atoms with van der Waals surface area (Å²) in [6.07, 6.45) is 10.8. The summed E-state index contributed by atoms with van der Waals surface area (Å²) in [4.78, 5) is 27.4. The number of carbonyl (C=O) groups excluding carboxylic acids is 1. The van der Waals surface area contributed by atoms with Gasteiger partial charge in [0.25, 0.3) is 0 Å². The predicted molar refractivity (Wildman–Crippen MR) is 156 cm³/mol. The molecule has 1 spiro atoms. The Morgan fingerprint density at radius 3 is 2.39 bits per heavy atom. The molecular formula is C31H49BrN2O4. The second-order valence-electron chi connectivity index (χ2n) is 12.6. The first-order chi connectivity index (χ1) is 18.0. The molecule has 3 aliphatic rings. The molecule has 1 N–H and O–H groups in total. The van der Waals surface area contributed by atoms with Gasteiger partial charge in [0.2, 0.25) is 0 Å². The van der Waals surface area contributed by atoms with Crippen molar-refractivity contribution in [3.63, 3.8) is 0 Å². The molecule has 0 bridgehead atoms. The number of fused-ring (bicyclic) bond motifs is 1. The molecule has 1 unspecified atom stereocenters. The van der Waals surface area contributed by atoms with Crippen molar-refractivity contribution in [2.24, 2.45) is 11.3 Å². The molecule has 0 radical (unpaired) electrons. The van der Waals surface area contributed by atoms with Crippen molar-refractivity contribution in [1.29, 1.82) is 0 Å². The number of benzene rings is 1. The molecule has 2 atom stereocenters. The zero-order valence-corrected chi connectivity index (χ0v) is 25.8. The Balaban J connectivity index is 0.000000284. The fourth-order valence-electron chi connectivity index (χ4n) is 6.10. The lowest BCUT2D eigenvalue weighted by Gasteiger charge is -2.56. The largest absolute Gasteiger partial charge is 0.481 e. The summed E-state index contributed by atoms with van der Waals surface area (Å²) in [5, 5.41) is 8.73. The van der Waals surface area contributed by atoms with Crippen molar-refractivity contribution < 1.29 is 19.4 Å². The molecule has 2 heterocycles. The Bertz CT molecular complexity index is 928. The molecule has 7 heteroatoms. The first-order valence-corrected chi connectivity index (χ1v) is 15.5. The van der Waals surface area contributed by atoms with Gasteiger partial charge in [-0.1, -0.05) is 61.5 Å². The molecule has 0 aromatic heterocycles. The summed E-state index contributed by atoms with van der Waals surface area (Å²) in [6, 6.07) is 7.34. The number of nitrogens with zero attached hydrogens (tertiary/aromatic N) is 2. The van der Waals surface area contributed by atoms with Gasteiger partial charge in [-0.2, -0.15) is 0 Å². The van der Waals surface area contributed by atoms with Gasteiger partial charge in [0.15, 0.2) is 0 Å². The van der Waals surface area contributed by atoms with E-state index in [9.17, 15) is 9.59 Å². The molecule has 214 valence electrons. The smallest absolute Gasteiger partial charge is 0.410 e. The summed E-state index contributed by atoms with van der Waals surface area (Å²) in [6.45, 7) is 13.9. The fraction of sp³-hybridized carbons (Fsp3) is 0.742. The number of aryl methyl sites for hydroxylation is 1. The van der Waals surface area contributed by atoms with E-state index >= 15 is 0 Å². The van der Waals surface area contributed by atoms with Gasteiger partial charge in [0.05, 0.1) is 5.92 Å². The molecule has 4 rings (SSSR count). The van der Waals surface area contributed by atoms with E-state index in [-0.39, 0.29) is 12.0 Å². The third-order valence-corrected chi connectivity index (χ3v) is 8.89. The summed E-state index contributed by atoms with van der Waals surface area (Å²) in [5.74, 6) is -0.740. The molecule has 6 nitrogen and oxygen atoms in total. The lowest BCUT2D eigenvalue weighted by atomic mass is 9.71. The quantitative estimate of drug-likeness (QED) is 0.311. The number of unbranched alkanes of at least 4 members (excludes halogenated alkanes) is 3. The van der Waals surface area contributed by atoms with Gasteiger partial charge in [-0.05, 0) is 88.0 Å². The van der Waals surface area contributed by atoms with Crippen LogP contribution in [0.15, 0.2) is 22.7 Å². The van der Waals surface area contributed by atoms with Crippen molar-refractivity contribution >= 4 is 28.0 Å². The highest BCUT2D eigenvalue weighted by molar-refractivity contribution is 9.10. The fourth-order valence-corrected chi connectivity index (χ4v) is 6.51. The Morgan fingerprint density at radius 1 is 1.13 bits per heavy atom. The number of rotatable bonds is 8. The number of hydrogen-bond acceptors (Lipinski definition) is 4. The summed E-state index contributed by atoms with van der Waals surface area (Å²) < 4.78 is 6.71. The SMILES string of the molecule is CC(C)(C)OC(=O)N1CCC2(CC1)CN([C@@H]1CCc3cc(Br)ccc31)C2.CCCCCCC(CC)C(=O)O. The van der Waals surface area contributed by atoms with Crippen LogP contribution in [0.3, 0.4) is 0 Å². The van der Waals surface area contributed by atoms with E-state index in [2.05, 4.69) is 46.0 Å². The van der Waals surface area contributed by atoms with Crippen LogP contribution in [0.2, 0.25) is 0 Å².